The third-order valence-electron chi connectivity index (χ3n) is 3.96. The van der Waals surface area contributed by atoms with Gasteiger partial charge in [0.25, 0.3) is 0 Å². The van der Waals surface area contributed by atoms with Crippen molar-refractivity contribution in [3.63, 3.8) is 0 Å². The van der Waals surface area contributed by atoms with Gasteiger partial charge in [0, 0.05) is 19.1 Å². The van der Waals surface area contributed by atoms with E-state index in [-0.39, 0.29) is 0 Å². The number of nitrogens with zero attached hydrogens (tertiary/aromatic N) is 1. The molecule has 0 radical (unpaired) electrons. The van der Waals surface area contributed by atoms with Crippen LogP contribution in [0.1, 0.15) is 48.7 Å². The molecule has 3 nitrogen and oxygen atoms in total. The van der Waals surface area contributed by atoms with E-state index in [1.165, 1.54) is 12.0 Å². The highest BCUT2D eigenvalue weighted by Gasteiger charge is 2.24. The first-order valence-corrected chi connectivity index (χ1v) is 7.07. The van der Waals surface area contributed by atoms with Crippen LogP contribution in [0.3, 0.4) is 0 Å². The summed E-state index contributed by atoms with van der Waals surface area (Å²) in [5.74, 6) is -0.109. The number of aromatic carboxylic acids is 1. The maximum absolute atomic E-state index is 11.2. The predicted molar refractivity (Wildman–Crippen MR) is 76.4 cm³/mol. The Morgan fingerprint density at radius 3 is 2.74 bits per heavy atom. The number of carbonyl (C=O) groups is 1. The van der Waals surface area contributed by atoms with E-state index in [4.69, 9.17) is 0 Å². The molecule has 104 valence electrons. The summed E-state index contributed by atoms with van der Waals surface area (Å²) < 4.78 is 0. The molecule has 0 aliphatic carbocycles. The summed E-state index contributed by atoms with van der Waals surface area (Å²) in [6.45, 7) is 8.61. The van der Waals surface area contributed by atoms with Crippen molar-refractivity contribution < 1.29 is 9.90 Å². The summed E-state index contributed by atoms with van der Waals surface area (Å²) in [6.07, 6.45) is 2.04. The number of hydrogen-bond acceptors (Lipinski definition) is 2. The molecule has 1 N–H and O–H groups in total. The van der Waals surface area contributed by atoms with Gasteiger partial charge in [-0.2, -0.15) is 0 Å². The minimum atomic E-state index is -0.805. The zero-order valence-electron chi connectivity index (χ0n) is 12.0. The van der Waals surface area contributed by atoms with Gasteiger partial charge in [-0.15, -0.1) is 0 Å². The first-order valence-electron chi connectivity index (χ1n) is 7.07. The van der Waals surface area contributed by atoms with Gasteiger partial charge in [-0.05, 0) is 42.9 Å². The zero-order valence-corrected chi connectivity index (χ0v) is 12.0. The summed E-state index contributed by atoms with van der Waals surface area (Å²) in [5, 5.41) is 9.22. The third-order valence-corrected chi connectivity index (χ3v) is 3.96. The zero-order chi connectivity index (χ0) is 14.0. The van der Waals surface area contributed by atoms with Crippen LogP contribution in [0.2, 0.25) is 0 Å². The molecule has 0 saturated heterocycles. The quantitative estimate of drug-likeness (QED) is 0.905. The smallest absolute Gasteiger partial charge is 0.335 e. The van der Waals surface area contributed by atoms with E-state index >= 15 is 0 Å². The molecule has 1 atom stereocenters. The second-order valence-corrected chi connectivity index (χ2v) is 5.95. The van der Waals surface area contributed by atoms with E-state index < -0.39 is 5.97 Å². The van der Waals surface area contributed by atoms with Crippen molar-refractivity contribution in [2.45, 2.75) is 46.2 Å². The van der Waals surface area contributed by atoms with Crippen LogP contribution >= 0.6 is 0 Å². The molecule has 0 saturated carbocycles. The van der Waals surface area contributed by atoms with E-state index in [0.29, 0.717) is 17.5 Å². The fourth-order valence-corrected chi connectivity index (χ4v) is 3.04. The molecule has 1 aromatic rings. The number of hydrogen-bond donors (Lipinski definition) is 1. The standard InChI is InChI=1S/C16H23NO2/c1-11(2)9-12(3)17-8-7-14-13(10-17)5-4-6-15(14)16(18)19/h4-6,11-12H,7-10H2,1-3H3,(H,18,19). The molecule has 1 aliphatic heterocycles. The van der Waals surface area contributed by atoms with Crippen LogP contribution in [0.15, 0.2) is 18.2 Å². The Hall–Kier alpha value is -1.35. The van der Waals surface area contributed by atoms with Crippen molar-refractivity contribution in [1.29, 1.82) is 0 Å². The van der Waals surface area contributed by atoms with Gasteiger partial charge < -0.3 is 5.11 Å². The number of carboxylic acid groups (broad SMARTS) is 1. The Morgan fingerprint density at radius 2 is 2.11 bits per heavy atom. The van der Waals surface area contributed by atoms with E-state index in [0.717, 1.165) is 25.1 Å². The fourth-order valence-electron chi connectivity index (χ4n) is 3.04. The van der Waals surface area contributed by atoms with Crippen molar-refractivity contribution in [2.24, 2.45) is 5.92 Å². The highest BCUT2D eigenvalue weighted by Crippen LogP contribution is 2.25. The summed E-state index contributed by atoms with van der Waals surface area (Å²) in [5.41, 5.74) is 2.69. The molecule has 19 heavy (non-hydrogen) atoms. The van der Waals surface area contributed by atoms with E-state index in [1.807, 2.05) is 6.07 Å². The summed E-state index contributed by atoms with van der Waals surface area (Å²) >= 11 is 0. The van der Waals surface area contributed by atoms with Crippen LogP contribution < -0.4 is 0 Å². The molecule has 1 aromatic carbocycles. The molecular formula is C16H23NO2. The van der Waals surface area contributed by atoms with Gasteiger partial charge in [0.05, 0.1) is 5.56 Å². The van der Waals surface area contributed by atoms with Crippen LogP contribution in [0.4, 0.5) is 0 Å². The topological polar surface area (TPSA) is 40.5 Å². The summed E-state index contributed by atoms with van der Waals surface area (Å²) in [7, 11) is 0. The third kappa shape index (κ3) is 3.16. The average Bonchev–Trinajstić information content (AvgIpc) is 2.36. The highest BCUT2D eigenvalue weighted by atomic mass is 16.4. The van der Waals surface area contributed by atoms with E-state index in [1.54, 1.807) is 6.07 Å². The molecule has 3 heteroatoms. The Bertz CT molecular complexity index is 468. The molecule has 1 heterocycles. The number of rotatable bonds is 4. The molecule has 1 unspecified atom stereocenters. The second kappa shape index (κ2) is 5.74. The first-order chi connectivity index (χ1) is 8.99. The van der Waals surface area contributed by atoms with Crippen molar-refractivity contribution in [3.8, 4) is 0 Å². The minimum absolute atomic E-state index is 0.480. The number of fused-ring (bicyclic) bond motifs is 1. The fraction of sp³-hybridized carbons (Fsp3) is 0.562. The maximum Gasteiger partial charge on any atom is 0.335 e. The van der Waals surface area contributed by atoms with Gasteiger partial charge >= 0.3 is 5.97 Å². The van der Waals surface area contributed by atoms with Gasteiger partial charge in [-0.1, -0.05) is 26.0 Å². The van der Waals surface area contributed by atoms with Crippen molar-refractivity contribution >= 4 is 5.97 Å². The Morgan fingerprint density at radius 1 is 1.37 bits per heavy atom. The van der Waals surface area contributed by atoms with Gasteiger partial charge in [0.1, 0.15) is 0 Å². The molecule has 0 spiro atoms. The molecule has 0 bridgehead atoms. The second-order valence-electron chi connectivity index (χ2n) is 5.95. The maximum atomic E-state index is 11.2. The normalized spacial score (nSPS) is 17.3. The summed E-state index contributed by atoms with van der Waals surface area (Å²) in [4.78, 5) is 13.7. The molecule has 0 fully saturated rings. The van der Waals surface area contributed by atoms with Gasteiger partial charge in [0.15, 0.2) is 0 Å². The Balaban J connectivity index is 2.16. The lowest BCUT2D eigenvalue weighted by atomic mass is 9.92. The largest absolute Gasteiger partial charge is 0.478 e. The summed E-state index contributed by atoms with van der Waals surface area (Å²) in [6, 6.07) is 6.20. The van der Waals surface area contributed by atoms with Gasteiger partial charge in [-0.25, -0.2) is 4.79 Å². The van der Waals surface area contributed by atoms with Crippen LogP contribution in [0.25, 0.3) is 0 Å². The van der Waals surface area contributed by atoms with Crippen LogP contribution in [0.5, 0.6) is 0 Å². The molecular weight excluding hydrogens is 238 g/mol. The molecule has 0 amide bonds. The number of carboxylic acids is 1. The van der Waals surface area contributed by atoms with Crippen molar-refractivity contribution in [2.75, 3.05) is 6.54 Å². The minimum Gasteiger partial charge on any atom is -0.478 e. The average molecular weight is 261 g/mol. The SMILES string of the molecule is CC(C)CC(C)N1CCc2c(cccc2C(=O)O)C1. The lowest BCUT2D eigenvalue weighted by molar-refractivity contribution is 0.0694. The van der Waals surface area contributed by atoms with Gasteiger partial charge in [-0.3, -0.25) is 4.90 Å². The van der Waals surface area contributed by atoms with Gasteiger partial charge in [0.2, 0.25) is 0 Å². The molecule has 0 aromatic heterocycles. The highest BCUT2D eigenvalue weighted by molar-refractivity contribution is 5.89. The lowest BCUT2D eigenvalue weighted by Gasteiger charge is -2.35. The van der Waals surface area contributed by atoms with Crippen molar-refractivity contribution in [1.82, 2.24) is 4.90 Å². The molecule has 2 rings (SSSR count). The number of benzene rings is 1. The van der Waals surface area contributed by atoms with Crippen LogP contribution in [0, 0.1) is 5.92 Å². The van der Waals surface area contributed by atoms with Crippen LogP contribution in [-0.4, -0.2) is 28.6 Å². The Labute approximate surface area is 115 Å². The Kier molecular flexibility index (Phi) is 4.25. The van der Waals surface area contributed by atoms with E-state index in [2.05, 4.69) is 31.7 Å². The van der Waals surface area contributed by atoms with E-state index in [9.17, 15) is 9.90 Å². The monoisotopic (exact) mass is 261 g/mol. The predicted octanol–water partition coefficient (Wildman–Crippen LogP) is 3.18. The van der Waals surface area contributed by atoms with Crippen molar-refractivity contribution in [3.05, 3.63) is 34.9 Å². The molecule has 1 aliphatic rings. The lowest BCUT2D eigenvalue weighted by Crippen LogP contribution is -2.38. The van der Waals surface area contributed by atoms with Crippen LogP contribution in [-0.2, 0) is 13.0 Å². The first kappa shape index (κ1) is 14.1.